The summed E-state index contributed by atoms with van der Waals surface area (Å²) in [6, 6.07) is 16.1. The SMILES string of the molecule is CC(C)(C)C(NC(=O)c1cc2cc(C(F)(F)P(=O)(O)O)ccc2s1)C(=O)N1Cc2ccccc2C[C@H]1C(=O)N1CCOC(c2ccccc2F)C1. The maximum absolute atomic E-state index is 14.7. The number of alkyl halides is 2. The normalized spacial score (nSPS) is 19.1. The molecule has 15 heteroatoms. The van der Waals surface area contributed by atoms with E-state index in [9.17, 15) is 41.9 Å². The number of morpholine rings is 1. The number of ether oxygens (including phenoxy) is 1. The number of rotatable bonds is 7. The predicted molar refractivity (Wildman–Crippen MR) is 185 cm³/mol. The second kappa shape index (κ2) is 13.8. The first-order chi connectivity index (χ1) is 24.0. The summed E-state index contributed by atoms with van der Waals surface area (Å²) in [5.74, 6) is -1.92. The number of amides is 3. The van der Waals surface area contributed by atoms with Gasteiger partial charge in [-0.3, -0.25) is 18.9 Å². The summed E-state index contributed by atoms with van der Waals surface area (Å²) in [5.41, 5.74) is -4.06. The Morgan fingerprint density at radius 2 is 1.69 bits per heavy atom. The summed E-state index contributed by atoms with van der Waals surface area (Å²) in [5, 5.41) is 2.99. The lowest BCUT2D eigenvalue weighted by Gasteiger charge is -2.43. The smallest absolute Gasteiger partial charge is 0.370 e. The Labute approximate surface area is 296 Å². The van der Waals surface area contributed by atoms with Gasteiger partial charge in [-0.05, 0) is 46.2 Å². The van der Waals surface area contributed by atoms with Crippen molar-refractivity contribution in [3.05, 3.63) is 106 Å². The number of thiophene rings is 1. The van der Waals surface area contributed by atoms with Crippen LogP contribution in [0.5, 0.6) is 0 Å². The van der Waals surface area contributed by atoms with E-state index in [0.717, 1.165) is 34.6 Å². The molecule has 0 radical (unpaired) electrons. The van der Waals surface area contributed by atoms with E-state index in [0.29, 0.717) is 10.3 Å². The van der Waals surface area contributed by atoms with E-state index in [1.54, 1.807) is 43.9 Å². The lowest BCUT2D eigenvalue weighted by atomic mass is 9.84. The summed E-state index contributed by atoms with van der Waals surface area (Å²) >= 11 is 0.971. The highest BCUT2D eigenvalue weighted by atomic mass is 32.1. The Balaban J connectivity index is 1.27. The molecule has 4 aromatic rings. The molecule has 1 fully saturated rings. The second-order valence-electron chi connectivity index (χ2n) is 13.8. The van der Waals surface area contributed by atoms with E-state index in [4.69, 9.17) is 4.74 Å². The van der Waals surface area contributed by atoms with Crippen LogP contribution in [-0.2, 0) is 37.5 Å². The number of hydrogen-bond acceptors (Lipinski definition) is 6. The summed E-state index contributed by atoms with van der Waals surface area (Å²) in [7, 11) is -5.80. The van der Waals surface area contributed by atoms with Gasteiger partial charge < -0.3 is 29.6 Å². The zero-order valence-electron chi connectivity index (χ0n) is 28.0. The zero-order chi connectivity index (χ0) is 36.9. The first kappa shape index (κ1) is 36.7. The van der Waals surface area contributed by atoms with Crippen LogP contribution in [0.3, 0.4) is 0 Å². The molecule has 2 unspecified atom stereocenters. The van der Waals surface area contributed by atoms with Gasteiger partial charge >= 0.3 is 13.3 Å². The highest BCUT2D eigenvalue weighted by Crippen LogP contribution is 2.59. The number of halogens is 3. The molecule has 0 saturated carbocycles. The van der Waals surface area contributed by atoms with Gasteiger partial charge in [0.05, 0.1) is 18.0 Å². The summed E-state index contributed by atoms with van der Waals surface area (Å²) in [6.45, 7) is 5.93. The molecule has 0 bridgehead atoms. The van der Waals surface area contributed by atoms with Crippen LogP contribution < -0.4 is 5.32 Å². The quantitative estimate of drug-likeness (QED) is 0.199. The third kappa shape index (κ3) is 7.33. The Kier molecular flexibility index (Phi) is 9.94. The first-order valence-corrected chi connectivity index (χ1v) is 18.7. The number of hydrogen-bond donors (Lipinski definition) is 3. The highest BCUT2D eigenvalue weighted by molar-refractivity contribution is 7.52. The lowest BCUT2D eigenvalue weighted by molar-refractivity contribution is -0.154. The van der Waals surface area contributed by atoms with Gasteiger partial charge in [0, 0.05) is 35.3 Å². The van der Waals surface area contributed by atoms with Gasteiger partial charge in [-0.25, -0.2) is 4.39 Å². The van der Waals surface area contributed by atoms with E-state index in [1.165, 1.54) is 23.1 Å². The molecule has 270 valence electrons. The number of carbonyl (C=O) groups is 3. The van der Waals surface area contributed by atoms with Crippen LogP contribution >= 0.6 is 18.9 Å². The van der Waals surface area contributed by atoms with E-state index in [-0.39, 0.29) is 48.8 Å². The lowest BCUT2D eigenvalue weighted by Crippen LogP contribution is -2.61. The van der Waals surface area contributed by atoms with E-state index < -0.39 is 60.1 Å². The topological polar surface area (TPSA) is 136 Å². The average Bonchev–Trinajstić information content (AvgIpc) is 3.52. The fraction of sp³-hybridized carbons (Fsp3) is 0.361. The van der Waals surface area contributed by atoms with Crippen molar-refractivity contribution >= 4 is 46.7 Å². The molecule has 51 heavy (non-hydrogen) atoms. The summed E-state index contributed by atoms with van der Waals surface area (Å²) in [6.07, 6.45) is -0.462. The van der Waals surface area contributed by atoms with E-state index in [1.807, 2.05) is 24.3 Å². The molecule has 3 aromatic carbocycles. The van der Waals surface area contributed by atoms with Gasteiger partial charge in [-0.2, -0.15) is 8.78 Å². The van der Waals surface area contributed by atoms with Crippen LogP contribution in [-0.4, -0.2) is 69.1 Å². The van der Waals surface area contributed by atoms with E-state index in [2.05, 4.69) is 5.32 Å². The molecule has 3 amide bonds. The Hall–Kier alpha value is -4.07. The highest BCUT2D eigenvalue weighted by Gasteiger charge is 2.50. The van der Waals surface area contributed by atoms with Crippen LogP contribution in [0.15, 0.2) is 72.8 Å². The van der Waals surface area contributed by atoms with Crippen LogP contribution in [0.4, 0.5) is 13.2 Å². The Morgan fingerprint density at radius 1 is 1.00 bits per heavy atom. The molecule has 6 rings (SSSR count). The minimum absolute atomic E-state index is 0.0904. The van der Waals surface area contributed by atoms with Crippen LogP contribution in [0.2, 0.25) is 0 Å². The van der Waals surface area contributed by atoms with Crippen molar-refractivity contribution in [1.82, 2.24) is 15.1 Å². The molecule has 2 aliphatic rings. The number of nitrogens with zero attached hydrogens (tertiary/aromatic N) is 2. The second-order valence-corrected chi connectivity index (χ2v) is 16.6. The number of carbonyl (C=O) groups excluding carboxylic acids is 3. The molecule has 1 saturated heterocycles. The van der Waals surface area contributed by atoms with Gasteiger partial charge in [-0.15, -0.1) is 11.3 Å². The molecule has 3 atom stereocenters. The van der Waals surface area contributed by atoms with Crippen molar-refractivity contribution in [3.8, 4) is 0 Å². The van der Waals surface area contributed by atoms with Gasteiger partial charge in [0.1, 0.15) is 24.0 Å². The number of fused-ring (bicyclic) bond motifs is 2. The predicted octanol–water partition coefficient (Wildman–Crippen LogP) is 5.97. The largest absolute Gasteiger partial charge is 0.399 e. The van der Waals surface area contributed by atoms with Crippen LogP contribution in [0.1, 0.15) is 58.8 Å². The fourth-order valence-corrected chi connectivity index (χ4v) is 7.91. The molecule has 0 aliphatic carbocycles. The molecule has 3 heterocycles. The standard InChI is InChI=1S/C36H37F3N3O7PS/c1-35(2,3)31(40-32(43)30-18-23-16-24(12-13-29(23)51-30)36(38,39)50(46,47)48)34(45)42-19-22-9-5-4-8-21(22)17-27(42)33(44)41-14-15-49-28(20-41)25-10-6-7-11-26(25)37/h4-13,16,18,27-28,31H,14-15,17,19-20H2,1-3H3,(H,40,43)(H2,46,47,48)/t27-,28?,31?/m0/s1. The summed E-state index contributed by atoms with van der Waals surface area (Å²) < 4.78 is 61.2. The van der Waals surface area contributed by atoms with Crippen molar-refractivity contribution in [1.29, 1.82) is 0 Å². The third-order valence-corrected chi connectivity index (χ3v) is 11.4. The van der Waals surface area contributed by atoms with Crippen molar-refractivity contribution < 1.29 is 46.6 Å². The monoisotopic (exact) mass is 743 g/mol. The Morgan fingerprint density at radius 3 is 2.37 bits per heavy atom. The first-order valence-electron chi connectivity index (χ1n) is 16.3. The van der Waals surface area contributed by atoms with Crippen molar-refractivity contribution in [2.45, 2.75) is 57.6 Å². The van der Waals surface area contributed by atoms with Gasteiger partial charge in [0.25, 0.3) is 5.91 Å². The van der Waals surface area contributed by atoms with Crippen molar-refractivity contribution in [3.63, 3.8) is 0 Å². The molecule has 0 spiro atoms. The maximum atomic E-state index is 14.7. The number of nitrogens with one attached hydrogen (secondary N) is 1. The maximum Gasteiger partial charge on any atom is 0.399 e. The van der Waals surface area contributed by atoms with Gasteiger partial charge in [0.2, 0.25) is 11.8 Å². The van der Waals surface area contributed by atoms with Crippen LogP contribution in [0, 0.1) is 11.2 Å². The molecular formula is C36H37F3N3O7PS. The minimum atomic E-state index is -5.80. The third-order valence-electron chi connectivity index (χ3n) is 9.29. The van der Waals surface area contributed by atoms with E-state index >= 15 is 0 Å². The summed E-state index contributed by atoms with van der Waals surface area (Å²) in [4.78, 5) is 64.1. The molecule has 3 N–H and O–H groups in total. The minimum Gasteiger partial charge on any atom is -0.370 e. The molecule has 10 nitrogen and oxygen atoms in total. The van der Waals surface area contributed by atoms with Crippen molar-refractivity contribution in [2.24, 2.45) is 5.41 Å². The van der Waals surface area contributed by atoms with Crippen molar-refractivity contribution in [2.75, 3.05) is 19.7 Å². The average molecular weight is 744 g/mol. The fourth-order valence-electron chi connectivity index (χ4n) is 6.49. The van der Waals surface area contributed by atoms with Gasteiger partial charge in [0.15, 0.2) is 0 Å². The zero-order valence-corrected chi connectivity index (χ0v) is 29.7. The van der Waals surface area contributed by atoms with Gasteiger partial charge in [-0.1, -0.05) is 69.3 Å². The molecule has 2 aliphatic heterocycles. The number of benzene rings is 3. The Bertz CT molecular complexity index is 2050. The molecular weight excluding hydrogens is 706 g/mol. The van der Waals surface area contributed by atoms with Crippen LogP contribution in [0.25, 0.3) is 10.1 Å². The molecule has 1 aromatic heterocycles.